The Morgan fingerprint density at radius 3 is 2.46 bits per heavy atom. The van der Waals surface area contributed by atoms with Gasteiger partial charge in [0, 0.05) is 12.1 Å². The van der Waals surface area contributed by atoms with Gasteiger partial charge in [-0.1, -0.05) is 48.5 Å². The zero-order valence-corrected chi connectivity index (χ0v) is 14.6. The van der Waals surface area contributed by atoms with Crippen LogP contribution < -0.4 is 10.1 Å². The number of benzene rings is 2. The molecule has 3 rings (SSSR count). The summed E-state index contributed by atoms with van der Waals surface area (Å²) in [5.74, 6) is 0.966. The number of hydrogen-bond donors (Lipinski definition) is 1. The second-order valence-electron chi connectivity index (χ2n) is 6.48. The summed E-state index contributed by atoms with van der Waals surface area (Å²) in [6.07, 6.45) is 5.31. The summed E-state index contributed by atoms with van der Waals surface area (Å²) >= 11 is 0. The van der Waals surface area contributed by atoms with E-state index in [1.165, 1.54) is 37.1 Å². The number of methoxy groups -OCH3 is 1. The first-order valence-corrected chi connectivity index (χ1v) is 9.00. The first kappa shape index (κ1) is 17.0. The molecule has 3 nitrogen and oxygen atoms in total. The lowest BCUT2D eigenvalue weighted by molar-refractivity contribution is 0.190. The van der Waals surface area contributed by atoms with Gasteiger partial charge in [0.1, 0.15) is 5.75 Å². The molecule has 1 heterocycles. The van der Waals surface area contributed by atoms with Gasteiger partial charge in [0.25, 0.3) is 0 Å². The summed E-state index contributed by atoms with van der Waals surface area (Å²) in [7, 11) is 1.74. The van der Waals surface area contributed by atoms with Crippen LogP contribution in [0.25, 0.3) is 0 Å². The summed E-state index contributed by atoms with van der Waals surface area (Å²) in [6.45, 7) is 3.26. The fraction of sp³-hybridized carbons (Fsp3) is 0.429. The van der Waals surface area contributed by atoms with Crippen molar-refractivity contribution >= 4 is 0 Å². The molecule has 1 unspecified atom stereocenters. The van der Waals surface area contributed by atoms with Crippen molar-refractivity contribution in [3.05, 3.63) is 65.7 Å². The maximum absolute atomic E-state index is 5.48. The van der Waals surface area contributed by atoms with Crippen molar-refractivity contribution in [2.75, 3.05) is 20.2 Å². The highest BCUT2D eigenvalue weighted by Gasteiger charge is 2.21. The van der Waals surface area contributed by atoms with Gasteiger partial charge in [-0.25, -0.2) is 0 Å². The number of hydrogen-bond acceptors (Lipinski definition) is 3. The summed E-state index contributed by atoms with van der Waals surface area (Å²) < 4.78 is 5.48. The summed E-state index contributed by atoms with van der Waals surface area (Å²) in [5.41, 5.74) is 2.64. The lowest BCUT2D eigenvalue weighted by atomic mass is 10.1. The minimum Gasteiger partial charge on any atom is -0.496 e. The average molecular weight is 324 g/mol. The molecule has 0 amide bonds. The van der Waals surface area contributed by atoms with Gasteiger partial charge in [0.15, 0.2) is 0 Å². The highest BCUT2D eigenvalue weighted by Crippen LogP contribution is 2.19. The van der Waals surface area contributed by atoms with Crippen molar-refractivity contribution < 1.29 is 4.74 Å². The Hall–Kier alpha value is -1.84. The molecule has 1 saturated heterocycles. The van der Waals surface area contributed by atoms with Crippen molar-refractivity contribution in [1.82, 2.24) is 10.2 Å². The normalized spacial score (nSPS) is 16.2. The molecule has 0 saturated carbocycles. The molecule has 1 fully saturated rings. The predicted molar refractivity (Wildman–Crippen MR) is 99.2 cm³/mol. The van der Waals surface area contributed by atoms with E-state index < -0.39 is 0 Å². The molecule has 24 heavy (non-hydrogen) atoms. The zero-order chi connectivity index (χ0) is 16.6. The number of nitrogens with zero attached hydrogens (tertiary/aromatic N) is 1. The van der Waals surface area contributed by atoms with Crippen molar-refractivity contribution in [3.63, 3.8) is 0 Å². The molecule has 1 aliphatic heterocycles. The quantitative estimate of drug-likeness (QED) is 0.798. The first-order chi connectivity index (χ1) is 11.9. The molecule has 0 aromatic heterocycles. The molecule has 0 radical (unpaired) electrons. The average Bonchev–Trinajstić information content (AvgIpc) is 3.17. The summed E-state index contributed by atoms with van der Waals surface area (Å²) in [5, 5.41) is 3.77. The number of aryl methyl sites for hydroxylation is 1. The largest absolute Gasteiger partial charge is 0.496 e. The Kier molecular flexibility index (Phi) is 6.27. The van der Waals surface area contributed by atoms with E-state index in [0.29, 0.717) is 6.17 Å². The van der Waals surface area contributed by atoms with Crippen LogP contribution in [0.15, 0.2) is 54.6 Å². The van der Waals surface area contributed by atoms with E-state index in [-0.39, 0.29) is 0 Å². The molecule has 3 heteroatoms. The van der Waals surface area contributed by atoms with E-state index in [4.69, 9.17) is 4.74 Å². The third kappa shape index (κ3) is 4.59. The standard InChI is InChI=1S/C21H28N2O/c1-24-20-12-6-5-11-19(20)17-22-21(23-15-7-8-16-23)14-13-18-9-3-2-4-10-18/h2-6,9-12,21-22H,7-8,13-17H2,1H3. The van der Waals surface area contributed by atoms with Gasteiger partial charge < -0.3 is 4.74 Å². The van der Waals surface area contributed by atoms with Crippen LogP contribution in [0.4, 0.5) is 0 Å². The van der Waals surface area contributed by atoms with Crippen LogP contribution in [0, 0.1) is 0 Å². The van der Waals surface area contributed by atoms with Crippen LogP contribution in [0.5, 0.6) is 5.75 Å². The van der Waals surface area contributed by atoms with Crippen molar-refractivity contribution in [1.29, 1.82) is 0 Å². The van der Waals surface area contributed by atoms with E-state index in [9.17, 15) is 0 Å². The molecule has 0 spiro atoms. The second kappa shape index (κ2) is 8.86. The second-order valence-corrected chi connectivity index (χ2v) is 6.48. The first-order valence-electron chi connectivity index (χ1n) is 9.00. The minimum absolute atomic E-state index is 0.428. The monoisotopic (exact) mass is 324 g/mol. The van der Waals surface area contributed by atoms with Gasteiger partial charge in [0.2, 0.25) is 0 Å². The zero-order valence-electron chi connectivity index (χ0n) is 14.6. The molecule has 2 aromatic carbocycles. The predicted octanol–water partition coefficient (Wildman–Crippen LogP) is 3.84. The molecule has 0 aliphatic carbocycles. The fourth-order valence-electron chi connectivity index (χ4n) is 3.49. The number of likely N-dealkylation sites (tertiary alicyclic amines) is 1. The highest BCUT2D eigenvalue weighted by atomic mass is 16.5. The Bertz CT molecular complexity index is 608. The van der Waals surface area contributed by atoms with Gasteiger partial charge >= 0.3 is 0 Å². The van der Waals surface area contributed by atoms with Crippen LogP contribution in [0.3, 0.4) is 0 Å². The third-order valence-electron chi connectivity index (χ3n) is 4.85. The molecule has 128 valence electrons. The molecular formula is C21H28N2O. The number of nitrogens with one attached hydrogen (secondary N) is 1. The van der Waals surface area contributed by atoms with Crippen LogP contribution in [0.1, 0.15) is 30.4 Å². The topological polar surface area (TPSA) is 24.5 Å². The van der Waals surface area contributed by atoms with Crippen LogP contribution in [0.2, 0.25) is 0 Å². The SMILES string of the molecule is COc1ccccc1CNC(CCc1ccccc1)N1CCCC1. The third-order valence-corrected chi connectivity index (χ3v) is 4.85. The molecule has 0 bridgehead atoms. The Morgan fingerprint density at radius 2 is 1.71 bits per heavy atom. The lowest BCUT2D eigenvalue weighted by Gasteiger charge is -2.29. The molecular weight excluding hydrogens is 296 g/mol. The van der Waals surface area contributed by atoms with E-state index in [2.05, 4.69) is 52.7 Å². The Labute approximate surface area is 145 Å². The van der Waals surface area contributed by atoms with Crippen LogP contribution >= 0.6 is 0 Å². The Morgan fingerprint density at radius 1 is 1.00 bits per heavy atom. The maximum atomic E-state index is 5.48. The molecule has 1 aliphatic rings. The van der Waals surface area contributed by atoms with Crippen LogP contribution in [-0.4, -0.2) is 31.3 Å². The highest BCUT2D eigenvalue weighted by molar-refractivity contribution is 5.33. The molecule has 1 N–H and O–H groups in total. The van der Waals surface area contributed by atoms with Crippen molar-refractivity contribution in [2.24, 2.45) is 0 Å². The minimum atomic E-state index is 0.428. The van der Waals surface area contributed by atoms with Crippen molar-refractivity contribution in [3.8, 4) is 5.75 Å². The lowest BCUT2D eigenvalue weighted by Crippen LogP contribution is -2.44. The van der Waals surface area contributed by atoms with Crippen LogP contribution in [-0.2, 0) is 13.0 Å². The van der Waals surface area contributed by atoms with Crippen molar-refractivity contribution in [2.45, 2.75) is 38.4 Å². The maximum Gasteiger partial charge on any atom is 0.123 e. The van der Waals surface area contributed by atoms with Gasteiger partial charge in [-0.3, -0.25) is 10.2 Å². The van der Waals surface area contributed by atoms with Gasteiger partial charge in [-0.15, -0.1) is 0 Å². The number of para-hydroxylation sites is 1. The van der Waals surface area contributed by atoms with Gasteiger partial charge in [0.05, 0.1) is 13.3 Å². The van der Waals surface area contributed by atoms with Gasteiger partial charge in [-0.2, -0.15) is 0 Å². The van der Waals surface area contributed by atoms with E-state index in [1.807, 2.05) is 12.1 Å². The van der Waals surface area contributed by atoms with E-state index >= 15 is 0 Å². The fourth-order valence-corrected chi connectivity index (χ4v) is 3.49. The van der Waals surface area contributed by atoms with E-state index in [1.54, 1.807) is 7.11 Å². The van der Waals surface area contributed by atoms with Gasteiger partial charge in [-0.05, 0) is 50.4 Å². The Balaban J connectivity index is 1.61. The smallest absolute Gasteiger partial charge is 0.123 e. The number of ether oxygens (including phenoxy) is 1. The summed E-state index contributed by atoms with van der Waals surface area (Å²) in [4.78, 5) is 2.60. The molecule has 2 aromatic rings. The summed E-state index contributed by atoms with van der Waals surface area (Å²) in [6, 6.07) is 19.1. The number of rotatable bonds is 8. The van der Waals surface area contributed by atoms with E-state index in [0.717, 1.165) is 25.1 Å². The molecule has 1 atom stereocenters.